The van der Waals surface area contributed by atoms with Gasteiger partial charge in [-0.25, -0.2) is 4.79 Å². The van der Waals surface area contributed by atoms with Gasteiger partial charge in [-0.3, -0.25) is 4.98 Å². The van der Waals surface area contributed by atoms with Crippen LogP contribution in [0, 0.1) is 0 Å². The molecule has 26 heavy (non-hydrogen) atoms. The number of pyridine rings is 1. The van der Waals surface area contributed by atoms with Gasteiger partial charge in [-0.05, 0) is 31.0 Å². The summed E-state index contributed by atoms with van der Waals surface area (Å²) in [4.78, 5) is 20.0. The molecule has 0 atom stereocenters. The van der Waals surface area contributed by atoms with Crippen molar-refractivity contribution in [2.45, 2.75) is 25.1 Å². The van der Waals surface area contributed by atoms with Crippen LogP contribution in [-0.4, -0.2) is 48.1 Å². The largest absolute Gasteiger partial charge is 0.416 e. The second-order valence-corrected chi connectivity index (χ2v) is 6.70. The number of anilines is 1. The van der Waals surface area contributed by atoms with Crippen LogP contribution in [0.3, 0.4) is 0 Å². The zero-order valence-corrected chi connectivity index (χ0v) is 14.1. The van der Waals surface area contributed by atoms with Crippen molar-refractivity contribution in [1.82, 2.24) is 15.2 Å². The Hall–Kier alpha value is -2.51. The molecule has 1 aromatic heterocycles. The first-order valence-electron chi connectivity index (χ1n) is 8.69. The van der Waals surface area contributed by atoms with Crippen molar-refractivity contribution in [1.29, 1.82) is 0 Å². The SMILES string of the molecule is O=C1NCCN1C1CCN(c2ccnc3cc(C(F)(F)F)ccc23)CC1. The lowest BCUT2D eigenvalue weighted by Crippen LogP contribution is -2.46. The van der Waals surface area contributed by atoms with Crippen LogP contribution in [0.4, 0.5) is 23.7 Å². The number of nitrogens with one attached hydrogen (secondary N) is 1. The van der Waals surface area contributed by atoms with Crippen LogP contribution in [0.25, 0.3) is 10.9 Å². The molecule has 0 spiro atoms. The van der Waals surface area contributed by atoms with E-state index in [1.807, 2.05) is 11.0 Å². The Morgan fingerprint density at radius 3 is 2.54 bits per heavy atom. The van der Waals surface area contributed by atoms with Gasteiger partial charge < -0.3 is 15.1 Å². The predicted molar refractivity (Wildman–Crippen MR) is 92.1 cm³/mol. The quantitative estimate of drug-likeness (QED) is 0.890. The molecular weight excluding hydrogens is 345 g/mol. The highest BCUT2D eigenvalue weighted by Crippen LogP contribution is 2.34. The molecule has 2 aromatic rings. The zero-order chi connectivity index (χ0) is 18.3. The number of halogens is 3. The van der Waals surface area contributed by atoms with Crippen molar-refractivity contribution in [3.05, 3.63) is 36.0 Å². The van der Waals surface area contributed by atoms with Crippen molar-refractivity contribution in [2.75, 3.05) is 31.1 Å². The molecule has 1 aromatic carbocycles. The molecule has 3 heterocycles. The number of benzene rings is 1. The fourth-order valence-corrected chi connectivity index (χ4v) is 3.84. The first-order chi connectivity index (χ1) is 12.4. The standard InChI is InChI=1S/C18H19F3N4O/c19-18(20,21)12-1-2-14-15(11-12)22-6-3-16(14)24-8-4-13(5-9-24)25-10-7-23-17(25)26/h1-3,6,11,13H,4-5,7-10H2,(H,23,26). The van der Waals surface area contributed by atoms with Crippen LogP contribution in [0.1, 0.15) is 18.4 Å². The number of fused-ring (bicyclic) bond motifs is 1. The monoisotopic (exact) mass is 364 g/mol. The predicted octanol–water partition coefficient (Wildman–Crippen LogP) is 3.25. The van der Waals surface area contributed by atoms with Gasteiger partial charge in [0.25, 0.3) is 0 Å². The number of urea groups is 1. The van der Waals surface area contributed by atoms with Gasteiger partial charge in [-0.1, -0.05) is 6.07 Å². The van der Waals surface area contributed by atoms with Crippen molar-refractivity contribution >= 4 is 22.6 Å². The molecule has 0 unspecified atom stereocenters. The van der Waals surface area contributed by atoms with Crippen molar-refractivity contribution in [3.63, 3.8) is 0 Å². The maximum absolute atomic E-state index is 12.9. The summed E-state index contributed by atoms with van der Waals surface area (Å²) in [6.07, 6.45) is -1.13. The highest BCUT2D eigenvalue weighted by molar-refractivity contribution is 5.92. The van der Waals surface area contributed by atoms with Crippen molar-refractivity contribution in [3.8, 4) is 0 Å². The summed E-state index contributed by atoms with van der Waals surface area (Å²) in [5.74, 6) is 0. The number of nitrogens with zero attached hydrogens (tertiary/aromatic N) is 3. The molecule has 8 heteroatoms. The van der Waals surface area contributed by atoms with Gasteiger partial charge in [0.15, 0.2) is 0 Å². The molecule has 4 rings (SSSR count). The molecule has 2 aliphatic rings. The Morgan fingerprint density at radius 2 is 1.88 bits per heavy atom. The average molecular weight is 364 g/mol. The normalized spacial score (nSPS) is 19.3. The molecule has 2 aliphatic heterocycles. The first-order valence-corrected chi connectivity index (χ1v) is 8.69. The molecule has 2 fully saturated rings. The van der Waals surface area contributed by atoms with Crippen LogP contribution in [-0.2, 0) is 6.18 Å². The summed E-state index contributed by atoms with van der Waals surface area (Å²) < 4.78 is 38.8. The topological polar surface area (TPSA) is 48.5 Å². The Kier molecular flexibility index (Phi) is 4.13. The zero-order valence-electron chi connectivity index (χ0n) is 14.1. The molecule has 0 saturated carbocycles. The maximum Gasteiger partial charge on any atom is 0.416 e. The second kappa shape index (κ2) is 6.34. The van der Waals surface area contributed by atoms with E-state index >= 15 is 0 Å². The minimum Gasteiger partial charge on any atom is -0.371 e. The lowest BCUT2D eigenvalue weighted by atomic mass is 10.0. The summed E-state index contributed by atoms with van der Waals surface area (Å²) in [6.45, 7) is 2.95. The molecule has 0 bridgehead atoms. The molecule has 2 amide bonds. The second-order valence-electron chi connectivity index (χ2n) is 6.70. The smallest absolute Gasteiger partial charge is 0.371 e. The van der Waals surface area contributed by atoms with Gasteiger partial charge in [0.05, 0.1) is 11.1 Å². The lowest BCUT2D eigenvalue weighted by molar-refractivity contribution is -0.137. The maximum atomic E-state index is 12.9. The van der Waals surface area contributed by atoms with E-state index in [1.165, 1.54) is 6.07 Å². The van der Waals surface area contributed by atoms with Gasteiger partial charge in [-0.15, -0.1) is 0 Å². The van der Waals surface area contributed by atoms with Crippen molar-refractivity contribution < 1.29 is 18.0 Å². The number of amides is 2. The molecule has 0 radical (unpaired) electrons. The van der Waals surface area contributed by atoms with E-state index in [1.54, 1.807) is 6.20 Å². The Balaban J connectivity index is 1.55. The minimum atomic E-state index is -4.37. The number of hydrogen-bond acceptors (Lipinski definition) is 3. The number of piperidine rings is 1. The summed E-state index contributed by atoms with van der Waals surface area (Å²) in [5, 5.41) is 3.54. The fraction of sp³-hybridized carbons (Fsp3) is 0.444. The number of rotatable bonds is 2. The number of hydrogen-bond donors (Lipinski definition) is 1. The number of carbonyl (C=O) groups is 1. The molecule has 5 nitrogen and oxygen atoms in total. The van der Waals surface area contributed by atoms with E-state index in [4.69, 9.17) is 0 Å². The van der Waals surface area contributed by atoms with Gasteiger partial charge in [0, 0.05) is 49.5 Å². The Labute approximate surface area is 148 Å². The van der Waals surface area contributed by atoms with Gasteiger partial charge in [-0.2, -0.15) is 13.2 Å². The number of aromatic nitrogens is 1. The third kappa shape index (κ3) is 3.04. The summed E-state index contributed by atoms with van der Waals surface area (Å²) in [7, 11) is 0. The number of alkyl halides is 3. The highest BCUT2D eigenvalue weighted by atomic mass is 19.4. The van der Waals surface area contributed by atoms with E-state index in [2.05, 4.69) is 15.2 Å². The minimum absolute atomic E-state index is 0.00232. The van der Waals surface area contributed by atoms with Crippen LogP contribution < -0.4 is 10.2 Å². The number of carbonyl (C=O) groups excluding carboxylic acids is 1. The molecule has 1 N–H and O–H groups in total. The summed E-state index contributed by atoms with van der Waals surface area (Å²) in [5.41, 5.74) is 0.555. The third-order valence-electron chi connectivity index (χ3n) is 5.18. The Bertz CT molecular complexity index is 831. The van der Waals surface area contributed by atoms with Crippen LogP contribution in [0.5, 0.6) is 0 Å². The summed E-state index contributed by atoms with van der Waals surface area (Å²) in [6, 6.07) is 5.77. The lowest BCUT2D eigenvalue weighted by Gasteiger charge is -2.37. The van der Waals surface area contributed by atoms with Crippen LogP contribution >= 0.6 is 0 Å². The first kappa shape index (κ1) is 16.9. The molecule has 0 aliphatic carbocycles. The van der Waals surface area contributed by atoms with Crippen LogP contribution in [0.15, 0.2) is 30.5 Å². The average Bonchev–Trinajstić information content (AvgIpc) is 3.06. The molecule has 138 valence electrons. The van der Waals surface area contributed by atoms with Crippen LogP contribution in [0.2, 0.25) is 0 Å². The van der Waals surface area contributed by atoms with Gasteiger partial charge in [0.1, 0.15) is 0 Å². The van der Waals surface area contributed by atoms with E-state index in [0.717, 1.165) is 55.7 Å². The highest BCUT2D eigenvalue weighted by Gasteiger charge is 2.32. The van der Waals surface area contributed by atoms with Gasteiger partial charge in [0.2, 0.25) is 0 Å². The van der Waals surface area contributed by atoms with E-state index in [-0.39, 0.29) is 12.1 Å². The van der Waals surface area contributed by atoms with E-state index in [0.29, 0.717) is 12.1 Å². The van der Waals surface area contributed by atoms with Crippen molar-refractivity contribution in [2.24, 2.45) is 0 Å². The fourth-order valence-electron chi connectivity index (χ4n) is 3.84. The summed E-state index contributed by atoms with van der Waals surface area (Å²) >= 11 is 0. The van der Waals surface area contributed by atoms with E-state index < -0.39 is 11.7 Å². The Morgan fingerprint density at radius 1 is 1.12 bits per heavy atom. The molecule has 2 saturated heterocycles. The van der Waals surface area contributed by atoms with Gasteiger partial charge >= 0.3 is 12.2 Å². The van der Waals surface area contributed by atoms with E-state index in [9.17, 15) is 18.0 Å². The third-order valence-corrected chi connectivity index (χ3v) is 5.18. The molecular formula is C18H19F3N4O.